The Morgan fingerprint density at radius 3 is 2.71 bits per heavy atom. The Kier molecular flexibility index (Phi) is 4.91. The molecule has 0 saturated carbocycles. The first-order valence-electron chi connectivity index (χ1n) is 7.62. The maximum atomic E-state index is 12.0. The van der Waals surface area contributed by atoms with Gasteiger partial charge >= 0.3 is 0 Å². The summed E-state index contributed by atoms with van der Waals surface area (Å²) in [7, 11) is 0. The second-order valence-electron chi connectivity index (χ2n) is 5.51. The second kappa shape index (κ2) is 7.27. The van der Waals surface area contributed by atoms with Gasteiger partial charge in [-0.15, -0.1) is 11.3 Å². The van der Waals surface area contributed by atoms with Crippen LogP contribution < -0.4 is 10.1 Å². The highest BCUT2D eigenvalue weighted by Crippen LogP contribution is 2.24. The van der Waals surface area contributed by atoms with Gasteiger partial charge in [0.2, 0.25) is 0 Å². The minimum absolute atomic E-state index is 0.0375. The van der Waals surface area contributed by atoms with E-state index >= 15 is 0 Å². The van der Waals surface area contributed by atoms with Crippen LogP contribution in [-0.2, 0) is 4.79 Å². The summed E-state index contributed by atoms with van der Waals surface area (Å²) in [6, 6.07) is 15.7. The fourth-order valence-electron chi connectivity index (χ4n) is 2.33. The molecule has 0 radical (unpaired) electrons. The highest BCUT2D eigenvalue weighted by molar-refractivity contribution is 7.14. The van der Waals surface area contributed by atoms with Crippen molar-refractivity contribution in [2.24, 2.45) is 0 Å². The Morgan fingerprint density at radius 1 is 1.17 bits per heavy atom. The highest BCUT2D eigenvalue weighted by atomic mass is 32.1. The number of thiazole rings is 1. The largest absolute Gasteiger partial charge is 0.483 e. The molecule has 2 aromatic carbocycles. The standard InChI is InChI=1S/C19H18N2O2S/c1-13-8-9-17(14(2)10-13)23-11-18(22)21-19-20-16(12-24-19)15-6-4-3-5-7-15/h3-10,12H,11H2,1-2H3,(H,20,21,22). The quantitative estimate of drug-likeness (QED) is 0.748. The zero-order chi connectivity index (χ0) is 16.9. The maximum absolute atomic E-state index is 12.0. The zero-order valence-electron chi connectivity index (χ0n) is 13.6. The van der Waals surface area contributed by atoms with Gasteiger partial charge in [0, 0.05) is 10.9 Å². The average Bonchev–Trinajstić information content (AvgIpc) is 3.03. The van der Waals surface area contributed by atoms with Gasteiger partial charge in [-0.1, -0.05) is 48.0 Å². The number of carbonyl (C=O) groups is 1. The molecule has 1 N–H and O–H groups in total. The van der Waals surface area contributed by atoms with Crippen molar-refractivity contribution in [1.82, 2.24) is 4.98 Å². The number of nitrogens with one attached hydrogen (secondary N) is 1. The van der Waals surface area contributed by atoms with Crippen molar-refractivity contribution in [3.63, 3.8) is 0 Å². The molecule has 1 amide bonds. The Hall–Kier alpha value is -2.66. The fraction of sp³-hybridized carbons (Fsp3) is 0.158. The van der Waals surface area contributed by atoms with E-state index in [2.05, 4.69) is 10.3 Å². The molecule has 24 heavy (non-hydrogen) atoms. The topological polar surface area (TPSA) is 51.2 Å². The van der Waals surface area contributed by atoms with Crippen LogP contribution in [0.2, 0.25) is 0 Å². The van der Waals surface area contributed by atoms with Crippen LogP contribution in [0.3, 0.4) is 0 Å². The van der Waals surface area contributed by atoms with Crippen molar-refractivity contribution in [3.8, 4) is 17.0 Å². The first-order valence-corrected chi connectivity index (χ1v) is 8.50. The van der Waals surface area contributed by atoms with Crippen molar-refractivity contribution >= 4 is 22.4 Å². The minimum Gasteiger partial charge on any atom is -0.483 e. The van der Waals surface area contributed by atoms with Crippen LogP contribution in [0.5, 0.6) is 5.75 Å². The monoisotopic (exact) mass is 338 g/mol. The normalized spacial score (nSPS) is 10.4. The summed E-state index contributed by atoms with van der Waals surface area (Å²) in [6.07, 6.45) is 0. The van der Waals surface area contributed by atoms with Crippen molar-refractivity contribution in [3.05, 3.63) is 65.0 Å². The fourth-order valence-corrected chi connectivity index (χ4v) is 3.07. The highest BCUT2D eigenvalue weighted by Gasteiger charge is 2.09. The number of rotatable bonds is 5. The molecule has 0 aliphatic rings. The number of hydrogen-bond acceptors (Lipinski definition) is 4. The Labute approximate surface area is 145 Å². The van der Waals surface area contributed by atoms with Gasteiger partial charge in [-0.2, -0.15) is 0 Å². The lowest BCUT2D eigenvalue weighted by molar-refractivity contribution is -0.118. The predicted octanol–water partition coefficient (Wildman–Crippen LogP) is 4.44. The molecular formula is C19H18N2O2S. The lowest BCUT2D eigenvalue weighted by atomic mass is 10.1. The van der Waals surface area contributed by atoms with E-state index in [0.717, 1.165) is 22.6 Å². The molecular weight excluding hydrogens is 320 g/mol. The summed E-state index contributed by atoms with van der Waals surface area (Å²) in [5.41, 5.74) is 4.07. The predicted molar refractivity (Wildman–Crippen MR) is 97.6 cm³/mol. The lowest BCUT2D eigenvalue weighted by Gasteiger charge is -2.09. The van der Waals surface area contributed by atoms with E-state index in [1.54, 1.807) is 0 Å². The average molecular weight is 338 g/mol. The van der Waals surface area contributed by atoms with Gasteiger partial charge in [0.05, 0.1) is 5.69 Å². The number of carbonyl (C=O) groups excluding carboxylic acids is 1. The smallest absolute Gasteiger partial charge is 0.264 e. The molecule has 0 unspecified atom stereocenters. The SMILES string of the molecule is Cc1ccc(OCC(=O)Nc2nc(-c3ccccc3)cs2)c(C)c1. The molecule has 4 nitrogen and oxygen atoms in total. The van der Waals surface area contributed by atoms with E-state index in [0.29, 0.717) is 5.13 Å². The van der Waals surface area contributed by atoms with Crippen LogP contribution in [0.15, 0.2) is 53.9 Å². The van der Waals surface area contributed by atoms with E-state index < -0.39 is 0 Å². The van der Waals surface area contributed by atoms with Crippen LogP contribution >= 0.6 is 11.3 Å². The first kappa shape index (κ1) is 16.2. The zero-order valence-corrected chi connectivity index (χ0v) is 14.4. The Balaban J connectivity index is 1.58. The second-order valence-corrected chi connectivity index (χ2v) is 6.37. The van der Waals surface area contributed by atoms with Crippen LogP contribution in [0.25, 0.3) is 11.3 Å². The summed E-state index contributed by atoms with van der Waals surface area (Å²) in [6.45, 7) is 3.95. The molecule has 0 fully saturated rings. The van der Waals surface area contributed by atoms with Gasteiger partial charge in [0.25, 0.3) is 5.91 Å². The lowest BCUT2D eigenvalue weighted by Crippen LogP contribution is -2.20. The summed E-state index contributed by atoms with van der Waals surface area (Å²) in [4.78, 5) is 16.5. The third kappa shape index (κ3) is 4.00. The van der Waals surface area contributed by atoms with E-state index in [1.165, 1.54) is 16.9 Å². The summed E-state index contributed by atoms with van der Waals surface area (Å²) in [5.74, 6) is 0.504. The third-order valence-corrected chi connectivity index (χ3v) is 4.27. The molecule has 0 saturated heterocycles. The van der Waals surface area contributed by atoms with Crippen LogP contribution in [0.1, 0.15) is 11.1 Å². The van der Waals surface area contributed by atoms with Crippen LogP contribution in [-0.4, -0.2) is 17.5 Å². The molecule has 0 atom stereocenters. The first-order chi connectivity index (χ1) is 11.6. The number of hydrogen-bond donors (Lipinski definition) is 1. The number of aryl methyl sites for hydroxylation is 2. The van der Waals surface area contributed by atoms with Gasteiger partial charge in [-0.3, -0.25) is 10.1 Å². The van der Waals surface area contributed by atoms with Crippen LogP contribution in [0, 0.1) is 13.8 Å². The molecule has 3 aromatic rings. The minimum atomic E-state index is -0.219. The number of benzene rings is 2. The van der Waals surface area contributed by atoms with Gasteiger partial charge in [0.1, 0.15) is 5.75 Å². The molecule has 1 heterocycles. The van der Waals surface area contributed by atoms with E-state index in [4.69, 9.17) is 4.74 Å². The van der Waals surface area contributed by atoms with Crippen molar-refractivity contribution in [2.75, 3.05) is 11.9 Å². The number of ether oxygens (including phenoxy) is 1. The van der Waals surface area contributed by atoms with Gasteiger partial charge in [0.15, 0.2) is 11.7 Å². The number of aromatic nitrogens is 1. The Morgan fingerprint density at radius 2 is 1.96 bits per heavy atom. The van der Waals surface area contributed by atoms with Crippen molar-refractivity contribution in [2.45, 2.75) is 13.8 Å². The molecule has 3 rings (SSSR count). The van der Waals surface area contributed by atoms with E-state index in [-0.39, 0.29) is 12.5 Å². The molecule has 0 spiro atoms. The van der Waals surface area contributed by atoms with E-state index in [1.807, 2.05) is 67.8 Å². The third-order valence-electron chi connectivity index (χ3n) is 3.51. The number of nitrogens with zero attached hydrogens (tertiary/aromatic N) is 1. The molecule has 0 aliphatic heterocycles. The molecule has 0 aliphatic carbocycles. The summed E-state index contributed by atoms with van der Waals surface area (Å²) in [5, 5.41) is 5.28. The molecule has 5 heteroatoms. The molecule has 122 valence electrons. The summed E-state index contributed by atoms with van der Waals surface area (Å²) < 4.78 is 5.58. The molecule has 0 bridgehead atoms. The van der Waals surface area contributed by atoms with Crippen molar-refractivity contribution < 1.29 is 9.53 Å². The summed E-state index contributed by atoms with van der Waals surface area (Å²) >= 11 is 1.40. The Bertz CT molecular complexity index is 844. The number of amides is 1. The van der Waals surface area contributed by atoms with Gasteiger partial charge in [-0.25, -0.2) is 4.98 Å². The van der Waals surface area contributed by atoms with Crippen molar-refractivity contribution in [1.29, 1.82) is 0 Å². The van der Waals surface area contributed by atoms with Gasteiger partial charge in [-0.05, 0) is 25.5 Å². The molecule has 1 aromatic heterocycles. The van der Waals surface area contributed by atoms with Crippen LogP contribution in [0.4, 0.5) is 5.13 Å². The number of anilines is 1. The van der Waals surface area contributed by atoms with E-state index in [9.17, 15) is 4.79 Å². The maximum Gasteiger partial charge on any atom is 0.264 e. The van der Waals surface area contributed by atoms with Gasteiger partial charge < -0.3 is 4.74 Å².